The second kappa shape index (κ2) is 6.11. The summed E-state index contributed by atoms with van der Waals surface area (Å²) in [5.74, 6) is 5.85. The van der Waals surface area contributed by atoms with E-state index in [1.807, 2.05) is 0 Å². The van der Waals surface area contributed by atoms with Crippen LogP contribution in [0.2, 0.25) is 0 Å². The Balaban J connectivity index is 2.20. The van der Waals surface area contributed by atoms with E-state index >= 15 is 0 Å². The van der Waals surface area contributed by atoms with Crippen molar-refractivity contribution >= 4 is 15.7 Å². The van der Waals surface area contributed by atoms with Gasteiger partial charge in [-0.15, -0.1) is 0 Å². The molecule has 0 spiro atoms. The molecule has 0 atom stereocenters. The molecule has 0 aliphatic heterocycles. The molecule has 5 nitrogen and oxygen atoms in total. The lowest BCUT2D eigenvalue weighted by Gasteiger charge is -2.15. The Bertz CT molecular complexity index is 555. The van der Waals surface area contributed by atoms with E-state index in [0.717, 1.165) is 18.5 Å². The van der Waals surface area contributed by atoms with Crippen LogP contribution < -0.4 is 16.0 Å². The fourth-order valence-electron chi connectivity index (χ4n) is 2.97. The Hall–Kier alpha value is -1.11. The summed E-state index contributed by atoms with van der Waals surface area (Å²) in [5, 5.41) is 0. The number of benzene rings is 1. The molecule has 1 aliphatic carbocycles. The highest BCUT2D eigenvalue weighted by Crippen LogP contribution is 2.26. The summed E-state index contributed by atoms with van der Waals surface area (Å²) in [7, 11) is -3.45. The number of nitrogen functional groups attached to an aromatic ring is 1. The molecule has 0 unspecified atom stereocenters. The smallest absolute Gasteiger partial charge is 0.241 e. The minimum atomic E-state index is -3.45. The number of nitrogens with two attached hydrogens (primary N) is 1. The Morgan fingerprint density at radius 1 is 1.20 bits per heavy atom. The molecule has 0 amide bonds. The molecule has 2 rings (SSSR count). The summed E-state index contributed by atoms with van der Waals surface area (Å²) < 4.78 is 27.7. The minimum absolute atomic E-state index is 0.370. The van der Waals surface area contributed by atoms with Gasteiger partial charge in [0.25, 0.3) is 0 Å². The number of rotatable bonds is 5. The predicted molar refractivity (Wildman–Crippen MR) is 80.9 cm³/mol. The predicted octanol–water partition coefficient (Wildman–Crippen LogP) is 2.06. The molecule has 1 aliphatic rings. The average Bonchev–Trinajstić information content (AvgIpc) is 2.88. The SMILES string of the molecule is Cc1cc(NN)cc(C)c1S(=O)(=O)NCC1CCCC1. The molecule has 6 heteroatoms. The van der Waals surface area contributed by atoms with Crippen LogP contribution in [0.1, 0.15) is 36.8 Å². The van der Waals surface area contributed by atoms with Crippen LogP contribution in [0, 0.1) is 19.8 Å². The van der Waals surface area contributed by atoms with Gasteiger partial charge in [-0.05, 0) is 55.9 Å². The van der Waals surface area contributed by atoms with Crippen LogP contribution in [-0.4, -0.2) is 15.0 Å². The first kappa shape index (κ1) is 15.3. The maximum Gasteiger partial charge on any atom is 0.241 e. The molecule has 0 radical (unpaired) electrons. The molecule has 20 heavy (non-hydrogen) atoms. The van der Waals surface area contributed by atoms with E-state index in [-0.39, 0.29) is 0 Å². The highest BCUT2D eigenvalue weighted by atomic mass is 32.2. The van der Waals surface area contributed by atoms with Crippen LogP contribution >= 0.6 is 0 Å². The van der Waals surface area contributed by atoms with Gasteiger partial charge in [-0.3, -0.25) is 5.84 Å². The van der Waals surface area contributed by atoms with E-state index in [1.54, 1.807) is 26.0 Å². The summed E-state index contributed by atoms with van der Waals surface area (Å²) in [6, 6.07) is 3.49. The molecule has 1 aromatic rings. The summed E-state index contributed by atoms with van der Waals surface area (Å²) in [5.41, 5.74) is 4.68. The van der Waals surface area contributed by atoms with Gasteiger partial charge in [-0.1, -0.05) is 12.8 Å². The molecule has 0 heterocycles. The van der Waals surface area contributed by atoms with Crippen LogP contribution in [0.3, 0.4) is 0 Å². The van der Waals surface area contributed by atoms with Crippen molar-refractivity contribution in [2.45, 2.75) is 44.4 Å². The van der Waals surface area contributed by atoms with Crippen LogP contribution in [0.5, 0.6) is 0 Å². The van der Waals surface area contributed by atoms with Crippen LogP contribution in [0.25, 0.3) is 0 Å². The second-order valence-electron chi connectivity index (χ2n) is 5.59. The zero-order valence-electron chi connectivity index (χ0n) is 12.1. The first-order chi connectivity index (χ1) is 9.44. The van der Waals surface area contributed by atoms with Gasteiger partial charge in [0.15, 0.2) is 0 Å². The summed E-state index contributed by atoms with van der Waals surface area (Å²) in [6.07, 6.45) is 4.66. The van der Waals surface area contributed by atoms with Gasteiger partial charge in [0, 0.05) is 12.2 Å². The van der Waals surface area contributed by atoms with E-state index in [4.69, 9.17) is 5.84 Å². The lowest BCUT2D eigenvalue weighted by atomic mass is 10.1. The molecule has 4 N–H and O–H groups in total. The van der Waals surface area contributed by atoms with Crippen molar-refractivity contribution < 1.29 is 8.42 Å². The van der Waals surface area contributed by atoms with Crippen molar-refractivity contribution in [1.29, 1.82) is 0 Å². The van der Waals surface area contributed by atoms with Gasteiger partial charge in [0.2, 0.25) is 10.0 Å². The number of aryl methyl sites for hydroxylation is 2. The molecule has 0 saturated heterocycles. The summed E-state index contributed by atoms with van der Waals surface area (Å²) >= 11 is 0. The van der Waals surface area contributed by atoms with E-state index < -0.39 is 10.0 Å². The molecule has 0 bridgehead atoms. The highest BCUT2D eigenvalue weighted by Gasteiger charge is 2.22. The maximum absolute atomic E-state index is 12.5. The topological polar surface area (TPSA) is 84.2 Å². The van der Waals surface area contributed by atoms with Crippen molar-refractivity contribution in [3.05, 3.63) is 23.3 Å². The standard InChI is InChI=1S/C14H23N3O2S/c1-10-7-13(17-15)8-11(2)14(10)20(18,19)16-9-12-5-3-4-6-12/h7-8,12,16-17H,3-6,9,15H2,1-2H3. The van der Waals surface area contributed by atoms with E-state index in [2.05, 4.69) is 10.1 Å². The number of hydrogen-bond acceptors (Lipinski definition) is 4. The zero-order chi connectivity index (χ0) is 14.8. The highest BCUT2D eigenvalue weighted by molar-refractivity contribution is 7.89. The third kappa shape index (κ3) is 3.31. The molecule has 0 aromatic heterocycles. The monoisotopic (exact) mass is 297 g/mol. The summed E-state index contributed by atoms with van der Waals surface area (Å²) in [6.45, 7) is 4.12. The van der Waals surface area contributed by atoms with E-state index in [1.165, 1.54) is 12.8 Å². The van der Waals surface area contributed by atoms with Crippen molar-refractivity contribution in [3.63, 3.8) is 0 Å². The zero-order valence-corrected chi connectivity index (χ0v) is 12.9. The second-order valence-corrected chi connectivity index (χ2v) is 7.29. The fraction of sp³-hybridized carbons (Fsp3) is 0.571. The molecular weight excluding hydrogens is 274 g/mol. The Morgan fingerprint density at radius 2 is 1.75 bits per heavy atom. The molecular formula is C14H23N3O2S. The molecule has 1 aromatic carbocycles. The van der Waals surface area contributed by atoms with Crippen LogP contribution in [-0.2, 0) is 10.0 Å². The van der Waals surface area contributed by atoms with E-state index in [0.29, 0.717) is 28.5 Å². The number of sulfonamides is 1. The number of hydrogen-bond donors (Lipinski definition) is 3. The lowest BCUT2D eigenvalue weighted by molar-refractivity contribution is 0.519. The number of hydrazine groups is 1. The largest absolute Gasteiger partial charge is 0.324 e. The Labute approximate surface area is 121 Å². The first-order valence-corrected chi connectivity index (χ1v) is 8.50. The maximum atomic E-state index is 12.5. The van der Waals surface area contributed by atoms with Crippen molar-refractivity contribution in [2.24, 2.45) is 11.8 Å². The Kier molecular flexibility index (Phi) is 4.67. The third-order valence-corrected chi connectivity index (χ3v) is 5.66. The Morgan fingerprint density at radius 3 is 2.25 bits per heavy atom. The molecule has 112 valence electrons. The number of nitrogens with one attached hydrogen (secondary N) is 2. The van der Waals surface area contributed by atoms with Crippen LogP contribution in [0.15, 0.2) is 17.0 Å². The van der Waals surface area contributed by atoms with Crippen LogP contribution in [0.4, 0.5) is 5.69 Å². The fourth-order valence-corrected chi connectivity index (χ4v) is 4.54. The normalized spacial score (nSPS) is 16.6. The van der Waals surface area contributed by atoms with Gasteiger partial charge in [0.1, 0.15) is 0 Å². The minimum Gasteiger partial charge on any atom is -0.324 e. The van der Waals surface area contributed by atoms with Crippen molar-refractivity contribution in [2.75, 3.05) is 12.0 Å². The number of anilines is 1. The van der Waals surface area contributed by atoms with Gasteiger partial charge >= 0.3 is 0 Å². The van der Waals surface area contributed by atoms with Crippen molar-refractivity contribution in [1.82, 2.24) is 4.72 Å². The summed E-state index contributed by atoms with van der Waals surface area (Å²) in [4.78, 5) is 0.370. The molecule has 1 saturated carbocycles. The van der Waals surface area contributed by atoms with E-state index in [9.17, 15) is 8.42 Å². The van der Waals surface area contributed by atoms with Gasteiger partial charge in [0.05, 0.1) is 4.90 Å². The quantitative estimate of drug-likeness (QED) is 0.574. The van der Waals surface area contributed by atoms with Gasteiger partial charge < -0.3 is 5.43 Å². The van der Waals surface area contributed by atoms with Gasteiger partial charge in [-0.2, -0.15) is 0 Å². The molecule has 1 fully saturated rings. The third-order valence-electron chi connectivity index (χ3n) is 3.93. The lowest BCUT2D eigenvalue weighted by Crippen LogP contribution is -2.29. The average molecular weight is 297 g/mol. The van der Waals surface area contributed by atoms with Crippen molar-refractivity contribution in [3.8, 4) is 0 Å². The first-order valence-electron chi connectivity index (χ1n) is 7.01. The van der Waals surface area contributed by atoms with Gasteiger partial charge in [-0.25, -0.2) is 13.1 Å².